The highest BCUT2D eigenvalue weighted by molar-refractivity contribution is 7.97. The molecule has 29 heavy (non-hydrogen) atoms. The van der Waals surface area contributed by atoms with Crippen LogP contribution in [0.25, 0.3) is 0 Å². The molecule has 0 saturated heterocycles. The van der Waals surface area contributed by atoms with Crippen molar-refractivity contribution in [2.24, 2.45) is 7.05 Å². The third-order valence-electron chi connectivity index (χ3n) is 4.83. The fourth-order valence-corrected chi connectivity index (χ4v) is 4.35. The molecular weight excluding hydrogens is 397 g/mol. The van der Waals surface area contributed by atoms with Gasteiger partial charge in [-0.1, -0.05) is 18.2 Å². The lowest BCUT2D eigenvalue weighted by molar-refractivity contribution is -0.137. The number of hydrogen-bond donors (Lipinski definition) is 0. The minimum absolute atomic E-state index is 0.621. The average molecular weight is 418 g/mol. The first-order valence-electron chi connectivity index (χ1n) is 9.28. The third-order valence-corrected chi connectivity index (χ3v) is 5.88. The lowest BCUT2D eigenvalue weighted by atomic mass is 10.1. The van der Waals surface area contributed by atoms with Gasteiger partial charge in [0.2, 0.25) is 0 Å². The van der Waals surface area contributed by atoms with Gasteiger partial charge in [0.15, 0.2) is 0 Å². The van der Waals surface area contributed by atoms with Crippen molar-refractivity contribution in [1.29, 1.82) is 0 Å². The second-order valence-electron chi connectivity index (χ2n) is 7.06. The molecule has 152 valence electrons. The van der Waals surface area contributed by atoms with Crippen molar-refractivity contribution in [3.63, 3.8) is 0 Å². The molecule has 0 radical (unpaired) electrons. The van der Waals surface area contributed by atoms with Crippen LogP contribution in [0, 0.1) is 0 Å². The second-order valence-corrected chi connectivity index (χ2v) is 8.23. The van der Waals surface area contributed by atoms with Crippen LogP contribution in [0.5, 0.6) is 0 Å². The first-order chi connectivity index (χ1) is 13.9. The van der Waals surface area contributed by atoms with Gasteiger partial charge in [0, 0.05) is 43.5 Å². The molecule has 0 atom stereocenters. The number of rotatable bonds is 4. The van der Waals surface area contributed by atoms with Crippen molar-refractivity contribution >= 4 is 17.6 Å². The number of aryl methyl sites for hydroxylation is 1. The summed E-state index contributed by atoms with van der Waals surface area (Å²) in [4.78, 5) is 7.55. The molecule has 4 rings (SSSR count). The summed E-state index contributed by atoms with van der Waals surface area (Å²) in [5.74, 6) is 0. The Morgan fingerprint density at radius 3 is 2.48 bits per heavy atom. The molecule has 2 heterocycles. The molecule has 0 spiro atoms. The summed E-state index contributed by atoms with van der Waals surface area (Å²) in [6.07, 6.45) is -0.495. The van der Waals surface area contributed by atoms with Gasteiger partial charge in [-0.15, -0.1) is 0 Å². The predicted octanol–water partition coefficient (Wildman–Crippen LogP) is 4.97. The summed E-state index contributed by atoms with van der Waals surface area (Å²) >= 11 is 1.49. The summed E-state index contributed by atoms with van der Waals surface area (Å²) in [7, 11) is 1.95. The minimum Gasteiger partial charge on any atom is -0.364 e. The van der Waals surface area contributed by atoms with Crippen molar-refractivity contribution in [2.45, 2.75) is 24.2 Å². The summed E-state index contributed by atoms with van der Waals surface area (Å²) in [6, 6.07) is 13.6. The quantitative estimate of drug-likeness (QED) is 0.559. The van der Waals surface area contributed by atoms with Crippen LogP contribution < -0.4 is 4.90 Å². The van der Waals surface area contributed by atoms with Crippen LogP contribution in [0.1, 0.15) is 16.8 Å². The Balaban J connectivity index is 1.50. The number of anilines is 1. The molecule has 0 saturated carbocycles. The van der Waals surface area contributed by atoms with Gasteiger partial charge in [0.25, 0.3) is 0 Å². The standard InChI is InChI=1S/C21H21F3N4S/c1-26-13-18(25-15-26)14-27-10-11-28(12-16-4-2-3-5-20(16)27)29-19-8-6-17(7-9-19)21(22,23)24/h2-9,13,15H,10-12,14H2,1H3. The van der Waals surface area contributed by atoms with Gasteiger partial charge in [-0.05, 0) is 47.8 Å². The van der Waals surface area contributed by atoms with Crippen LogP contribution in [-0.2, 0) is 26.3 Å². The Morgan fingerprint density at radius 2 is 1.79 bits per heavy atom. The van der Waals surface area contributed by atoms with E-state index < -0.39 is 11.7 Å². The van der Waals surface area contributed by atoms with E-state index in [1.54, 1.807) is 6.33 Å². The molecule has 0 unspecified atom stereocenters. The molecule has 0 bridgehead atoms. The van der Waals surface area contributed by atoms with Gasteiger partial charge in [-0.2, -0.15) is 13.2 Å². The van der Waals surface area contributed by atoms with E-state index in [0.717, 1.165) is 48.9 Å². The SMILES string of the molecule is Cn1cnc(CN2CCN(Sc3ccc(C(F)(F)F)cc3)Cc3ccccc32)c1. The number of nitrogens with zero attached hydrogens (tertiary/aromatic N) is 4. The Hall–Kier alpha value is -2.45. The third kappa shape index (κ3) is 4.76. The smallest absolute Gasteiger partial charge is 0.364 e. The van der Waals surface area contributed by atoms with Crippen LogP contribution in [0.15, 0.2) is 66.0 Å². The zero-order valence-electron chi connectivity index (χ0n) is 15.9. The van der Waals surface area contributed by atoms with E-state index in [4.69, 9.17) is 0 Å². The number of alkyl halides is 3. The molecule has 3 aromatic rings. The maximum absolute atomic E-state index is 12.8. The molecule has 0 fully saturated rings. The van der Waals surface area contributed by atoms with Gasteiger partial charge in [0.1, 0.15) is 0 Å². The molecule has 2 aromatic carbocycles. The van der Waals surface area contributed by atoms with Gasteiger partial charge < -0.3 is 9.47 Å². The Bertz CT molecular complexity index is 969. The molecule has 1 aliphatic rings. The lowest BCUT2D eigenvalue weighted by Gasteiger charge is -2.24. The Labute approximate surface area is 172 Å². The molecule has 4 nitrogen and oxygen atoms in total. The first-order valence-corrected chi connectivity index (χ1v) is 10.1. The van der Waals surface area contributed by atoms with E-state index in [1.807, 2.05) is 29.9 Å². The van der Waals surface area contributed by atoms with Crippen molar-refractivity contribution < 1.29 is 13.2 Å². The average Bonchev–Trinajstić information content (AvgIpc) is 3.01. The summed E-state index contributed by atoms with van der Waals surface area (Å²) in [5, 5.41) is 0. The second kappa shape index (κ2) is 8.12. The fraction of sp³-hybridized carbons (Fsp3) is 0.286. The van der Waals surface area contributed by atoms with Crippen LogP contribution in [0.3, 0.4) is 0 Å². The van der Waals surface area contributed by atoms with Gasteiger partial charge in [-0.25, -0.2) is 9.29 Å². The zero-order valence-corrected chi connectivity index (χ0v) is 16.7. The highest BCUT2D eigenvalue weighted by Gasteiger charge is 2.30. The van der Waals surface area contributed by atoms with E-state index in [9.17, 15) is 13.2 Å². The number of fused-ring (bicyclic) bond motifs is 1. The largest absolute Gasteiger partial charge is 0.416 e. The predicted molar refractivity (Wildman–Crippen MR) is 108 cm³/mol. The number of imidazole rings is 1. The molecule has 8 heteroatoms. The fourth-order valence-electron chi connectivity index (χ4n) is 3.41. The van der Waals surface area contributed by atoms with E-state index >= 15 is 0 Å². The zero-order chi connectivity index (χ0) is 20.4. The number of benzene rings is 2. The molecule has 0 amide bonds. The Kier molecular flexibility index (Phi) is 5.56. The summed E-state index contributed by atoms with van der Waals surface area (Å²) < 4.78 is 42.5. The summed E-state index contributed by atoms with van der Waals surface area (Å²) in [6.45, 7) is 3.03. The maximum atomic E-state index is 12.8. The lowest BCUT2D eigenvalue weighted by Crippen LogP contribution is -2.28. The highest BCUT2D eigenvalue weighted by atomic mass is 32.2. The Morgan fingerprint density at radius 1 is 1.03 bits per heavy atom. The van der Waals surface area contributed by atoms with E-state index in [1.165, 1.54) is 35.3 Å². The van der Waals surface area contributed by atoms with E-state index in [-0.39, 0.29) is 0 Å². The van der Waals surface area contributed by atoms with E-state index in [0.29, 0.717) is 0 Å². The van der Waals surface area contributed by atoms with Gasteiger partial charge >= 0.3 is 6.18 Å². The van der Waals surface area contributed by atoms with Crippen LogP contribution >= 0.6 is 11.9 Å². The molecular formula is C21H21F3N4S. The van der Waals surface area contributed by atoms with Crippen molar-refractivity contribution in [3.05, 3.63) is 77.9 Å². The maximum Gasteiger partial charge on any atom is 0.416 e. The molecule has 0 N–H and O–H groups in total. The number of hydrogen-bond acceptors (Lipinski definition) is 4. The van der Waals surface area contributed by atoms with Crippen LogP contribution in [0.4, 0.5) is 18.9 Å². The number of halogens is 3. The summed E-state index contributed by atoms with van der Waals surface area (Å²) in [5.41, 5.74) is 2.75. The monoisotopic (exact) mass is 418 g/mol. The minimum atomic E-state index is -4.31. The van der Waals surface area contributed by atoms with E-state index in [2.05, 4.69) is 26.3 Å². The van der Waals surface area contributed by atoms with Crippen LogP contribution in [0.2, 0.25) is 0 Å². The molecule has 0 aliphatic carbocycles. The normalized spacial score (nSPS) is 15.2. The first kappa shape index (κ1) is 19.8. The van der Waals surface area contributed by atoms with Crippen molar-refractivity contribution in [3.8, 4) is 0 Å². The molecule has 1 aromatic heterocycles. The highest BCUT2D eigenvalue weighted by Crippen LogP contribution is 2.34. The van der Waals surface area contributed by atoms with Gasteiger partial charge in [0.05, 0.1) is 24.1 Å². The number of aromatic nitrogens is 2. The molecule has 1 aliphatic heterocycles. The van der Waals surface area contributed by atoms with Crippen molar-refractivity contribution in [2.75, 3.05) is 18.0 Å². The van der Waals surface area contributed by atoms with Crippen molar-refractivity contribution in [1.82, 2.24) is 13.9 Å². The topological polar surface area (TPSA) is 24.3 Å². The number of para-hydroxylation sites is 1. The van der Waals surface area contributed by atoms with Crippen LogP contribution in [-0.4, -0.2) is 26.9 Å². The van der Waals surface area contributed by atoms with Gasteiger partial charge in [-0.3, -0.25) is 0 Å².